The van der Waals surface area contributed by atoms with E-state index in [1.807, 2.05) is 0 Å². The quantitative estimate of drug-likeness (QED) is 0.614. The number of amides is 2. The number of nitrogens with one attached hydrogen (secondary N) is 1. The van der Waals surface area contributed by atoms with Crippen LogP contribution in [0.4, 0.5) is 5.69 Å². The van der Waals surface area contributed by atoms with Crippen LogP contribution in [0.3, 0.4) is 0 Å². The average Bonchev–Trinajstić information content (AvgIpc) is 3.05. The maximum absolute atomic E-state index is 12.1. The van der Waals surface area contributed by atoms with Gasteiger partial charge in [-0.25, -0.2) is 13.2 Å². The minimum Gasteiger partial charge on any atom is -0.465 e. The molecule has 2 rings (SSSR count). The van der Waals surface area contributed by atoms with Crippen LogP contribution in [0, 0.1) is 0 Å². The van der Waals surface area contributed by atoms with Gasteiger partial charge < -0.3 is 4.74 Å². The molecule has 0 fully saturated rings. The fraction of sp³-hybridized carbons (Fsp3) is 0.250. The van der Waals surface area contributed by atoms with E-state index < -0.39 is 27.6 Å². The van der Waals surface area contributed by atoms with Crippen molar-refractivity contribution in [2.75, 3.05) is 18.3 Å². The molecule has 22 heavy (non-hydrogen) atoms. The molecule has 0 atom stereocenters. The predicted molar refractivity (Wildman–Crippen MR) is 78.0 cm³/mol. The van der Waals surface area contributed by atoms with E-state index in [0.717, 1.165) is 30.6 Å². The number of ether oxygens (including phenoxy) is 1. The SMILES string of the molecule is CCS(=O)(=O)c1csc(C(=O)OC)c1NN1C(=O)C=CC1=O. The maximum Gasteiger partial charge on any atom is 0.350 e. The van der Waals surface area contributed by atoms with Crippen molar-refractivity contribution in [3.05, 3.63) is 22.4 Å². The van der Waals surface area contributed by atoms with Crippen molar-refractivity contribution in [2.45, 2.75) is 11.8 Å². The minimum absolute atomic E-state index is 0.0398. The van der Waals surface area contributed by atoms with Crippen LogP contribution in [0.2, 0.25) is 0 Å². The molecule has 1 aliphatic rings. The summed E-state index contributed by atoms with van der Waals surface area (Å²) in [4.78, 5) is 34.7. The summed E-state index contributed by atoms with van der Waals surface area (Å²) in [5.74, 6) is -2.28. The molecule has 1 aliphatic heterocycles. The molecule has 1 N–H and O–H groups in total. The summed E-state index contributed by atoms with van der Waals surface area (Å²) in [6.07, 6.45) is 2.07. The number of imide groups is 1. The van der Waals surface area contributed by atoms with Gasteiger partial charge in [0, 0.05) is 17.5 Å². The molecule has 0 saturated carbocycles. The number of nitrogens with zero attached hydrogens (tertiary/aromatic N) is 1. The Balaban J connectivity index is 2.51. The number of hydrazine groups is 1. The summed E-state index contributed by atoms with van der Waals surface area (Å²) in [5, 5.41) is 1.90. The highest BCUT2D eigenvalue weighted by Gasteiger charge is 2.31. The zero-order valence-corrected chi connectivity index (χ0v) is 13.3. The fourth-order valence-electron chi connectivity index (χ4n) is 1.70. The van der Waals surface area contributed by atoms with Crippen molar-refractivity contribution in [1.82, 2.24) is 5.01 Å². The highest BCUT2D eigenvalue weighted by Crippen LogP contribution is 2.34. The second kappa shape index (κ2) is 5.89. The van der Waals surface area contributed by atoms with Gasteiger partial charge in [0.05, 0.1) is 18.6 Å². The van der Waals surface area contributed by atoms with E-state index in [1.165, 1.54) is 12.3 Å². The van der Waals surface area contributed by atoms with Crippen LogP contribution in [0.25, 0.3) is 0 Å². The number of carbonyl (C=O) groups is 3. The van der Waals surface area contributed by atoms with Crippen LogP contribution in [-0.4, -0.2) is 44.1 Å². The molecule has 0 spiro atoms. The van der Waals surface area contributed by atoms with Crippen LogP contribution in [-0.2, 0) is 24.2 Å². The predicted octanol–water partition coefficient (Wildman–Crippen LogP) is 0.580. The molecular formula is C12H12N2O6S2. The van der Waals surface area contributed by atoms with Gasteiger partial charge in [0.25, 0.3) is 11.8 Å². The normalized spacial score (nSPS) is 14.5. The van der Waals surface area contributed by atoms with Gasteiger partial charge >= 0.3 is 5.97 Å². The van der Waals surface area contributed by atoms with Crippen molar-refractivity contribution < 1.29 is 27.5 Å². The van der Waals surface area contributed by atoms with E-state index in [1.54, 1.807) is 0 Å². The molecule has 10 heteroatoms. The van der Waals surface area contributed by atoms with E-state index in [-0.39, 0.29) is 21.2 Å². The largest absolute Gasteiger partial charge is 0.465 e. The molecule has 2 amide bonds. The number of rotatable bonds is 5. The molecule has 0 bridgehead atoms. The van der Waals surface area contributed by atoms with Crippen molar-refractivity contribution >= 4 is 44.6 Å². The molecular weight excluding hydrogens is 332 g/mol. The summed E-state index contributed by atoms with van der Waals surface area (Å²) in [6.45, 7) is 1.45. The standard InChI is InChI=1S/C12H12N2O6S2/c1-3-22(18,19)7-6-21-11(12(17)20-2)10(7)13-14-8(15)4-5-9(14)16/h4-6,13H,3H2,1-2H3. The molecule has 0 unspecified atom stereocenters. The van der Waals surface area contributed by atoms with E-state index in [4.69, 9.17) is 0 Å². The molecule has 0 saturated heterocycles. The lowest BCUT2D eigenvalue weighted by Gasteiger charge is -2.17. The molecule has 0 aliphatic carbocycles. The average molecular weight is 344 g/mol. The molecule has 0 aromatic carbocycles. The van der Waals surface area contributed by atoms with Gasteiger partial charge in [0.15, 0.2) is 9.84 Å². The molecule has 1 aromatic rings. The first kappa shape index (κ1) is 16.2. The van der Waals surface area contributed by atoms with Gasteiger partial charge in [0.1, 0.15) is 9.77 Å². The Morgan fingerprint density at radius 1 is 1.32 bits per heavy atom. The topological polar surface area (TPSA) is 110 Å². The zero-order valence-electron chi connectivity index (χ0n) is 11.7. The lowest BCUT2D eigenvalue weighted by molar-refractivity contribution is -0.135. The van der Waals surface area contributed by atoms with Gasteiger partial charge in [-0.3, -0.25) is 15.0 Å². The first-order valence-corrected chi connectivity index (χ1v) is 8.60. The third kappa shape index (κ3) is 2.74. The van der Waals surface area contributed by atoms with Gasteiger partial charge in [0.2, 0.25) is 0 Å². The number of thiophene rings is 1. The van der Waals surface area contributed by atoms with Crippen molar-refractivity contribution in [3.8, 4) is 0 Å². The summed E-state index contributed by atoms with van der Waals surface area (Å²) in [7, 11) is -2.51. The van der Waals surface area contributed by atoms with E-state index in [9.17, 15) is 22.8 Å². The van der Waals surface area contributed by atoms with Crippen LogP contribution < -0.4 is 5.43 Å². The number of sulfone groups is 1. The second-order valence-electron chi connectivity index (χ2n) is 4.16. The number of methoxy groups -OCH3 is 1. The smallest absolute Gasteiger partial charge is 0.350 e. The van der Waals surface area contributed by atoms with Crippen molar-refractivity contribution in [3.63, 3.8) is 0 Å². The third-order valence-corrected chi connectivity index (χ3v) is 5.74. The summed E-state index contributed by atoms with van der Waals surface area (Å²) < 4.78 is 28.8. The van der Waals surface area contributed by atoms with E-state index >= 15 is 0 Å². The lowest BCUT2D eigenvalue weighted by Crippen LogP contribution is -2.36. The Morgan fingerprint density at radius 3 is 2.41 bits per heavy atom. The number of hydrogen-bond acceptors (Lipinski definition) is 8. The summed E-state index contributed by atoms with van der Waals surface area (Å²) >= 11 is 0.851. The first-order valence-electron chi connectivity index (χ1n) is 6.07. The van der Waals surface area contributed by atoms with Gasteiger partial charge in [-0.1, -0.05) is 6.92 Å². The van der Waals surface area contributed by atoms with Gasteiger partial charge in [-0.2, -0.15) is 5.01 Å². The Morgan fingerprint density at radius 2 is 1.91 bits per heavy atom. The molecule has 1 aromatic heterocycles. The van der Waals surface area contributed by atoms with Crippen LogP contribution in [0.15, 0.2) is 22.4 Å². The molecule has 0 radical (unpaired) electrons. The van der Waals surface area contributed by atoms with Crippen LogP contribution in [0.5, 0.6) is 0 Å². The van der Waals surface area contributed by atoms with Crippen LogP contribution in [0.1, 0.15) is 16.6 Å². The van der Waals surface area contributed by atoms with Crippen LogP contribution >= 0.6 is 11.3 Å². The van der Waals surface area contributed by atoms with E-state index in [2.05, 4.69) is 10.2 Å². The van der Waals surface area contributed by atoms with Gasteiger partial charge in [-0.05, 0) is 0 Å². The molecule has 8 nitrogen and oxygen atoms in total. The van der Waals surface area contributed by atoms with Crippen molar-refractivity contribution in [2.24, 2.45) is 0 Å². The Hall–Kier alpha value is -2.20. The number of anilines is 1. The minimum atomic E-state index is -3.66. The summed E-state index contributed by atoms with van der Waals surface area (Å²) in [5.41, 5.74) is 2.28. The first-order chi connectivity index (χ1) is 10.3. The Labute approximate surface area is 130 Å². The number of esters is 1. The Kier molecular flexibility index (Phi) is 4.33. The van der Waals surface area contributed by atoms with E-state index in [0.29, 0.717) is 5.01 Å². The maximum atomic E-state index is 12.1. The third-order valence-electron chi connectivity index (χ3n) is 2.88. The summed E-state index contributed by atoms with van der Waals surface area (Å²) in [6, 6.07) is 0. The second-order valence-corrected chi connectivity index (χ2v) is 7.28. The zero-order chi connectivity index (χ0) is 16.5. The number of hydrogen-bond donors (Lipinski definition) is 1. The van der Waals surface area contributed by atoms with Gasteiger partial charge in [-0.15, -0.1) is 11.3 Å². The monoisotopic (exact) mass is 344 g/mol. The van der Waals surface area contributed by atoms with Crippen molar-refractivity contribution in [1.29, 1.82) is 0 Å². The highest BCUT2D eigenvalue weighted by molar-refractivity contribution is 7.91. The highest BCUT2D eigenvalue weighted by atomic mass is 32.2. The lowest BCUT2D eigenvalue weighted by atomic mass is 10.4. The molecule has 118 valence electrons. The molecule has 2 heterocycles. The fourth-order valence-corrected chi connectivity index (χ4v) is 4.06. The number of carbonyl (C=O) groups excluding carboxylic acids is 3. The Bertz CT molecular complexity index is 760.